The number of hydrogen-bond donors (Lipinski definition) is 1. The highest BCUT2D eigenvalue weighted by molar-refractivity contribution is 9.10. The minimum absolute atomic E-state index is 0.351. The molecule has 0 saturated carbocycles. The first kappa shape index (κ1) is 13.9. The Hall–Kier alpha value is -2.06. The number of hydrogen-bond acceptors (Lipinski definition) is 4. The number of nitrogen functional groups attached to an aromatic ring is 1. The van der Waals surface area contributed by atoms with E-state index in [4.69, 9.17) is 10.5 Å². The van der Waals surface area contributed by atoms with Crippen molar-refractivity contribution in [2.45, 2.75) is 25.7 Å². The lowest BCUT2D eigenvalue weighted by atomic mass is 9.95. The van der Waals surface area contributed by atoms with E-state index < -0.39 is 0 Å². The van der Waals surface area contributed by atoms with E-state index >= 15 is 0 Å². The van der Waals surface area contributed by atoms with E-state index in [2.05, 4.69) is 27.0 Å². The van der Waals surface area contributed by atoms with Gasteiger partial charge in [-0.15, -0.1) is 0 Å². The lowest BCUT2D eigenvalue weighted by molar-refractivity contribution is 0.454. The first-order valence-electron chi connectivity index (χ1n) is 6.84. The van der Waals surface area contributed by atoms with Crippen molar-refractivity contribution in [2.75, 3.05) is 5.73 Å². The van der Waals surface area contributed by atoms with Crippen LogP contribution in [-0.4, -0.2) is 4.98 Å². The summed E-state index contributed by atoms with van der Waals surface area (Å²) in [4.78, 5) is 4.54. The summed E-state index contributed by atoms with van der Waals surface area (Å²) in [6, 6.07) is 9.45. The molecule has 0 atom stereocenters. The summed E-state index contributed by atoms with van der Waals surface area (Å²) in [6.45, 7) is 0. The Morgan fingerprint density at radius 1 is 1.29 bits per heavy atom. The number of aromatic nitrogens is 1. The fraction of sp³-hybridized carbons (Fsp3) is 0.250. The van der Waals surface area contributed by atoms with Crippen LogP contribution in [-0.2, 0) is 12.8 Å². The predicted molar refractivity (Wildman–Crippen MR) is 84.2 cm³/mol. The minimum Gasteiger partial charge on any atom is -0.436 e. The molecule has 0 aliphatic heterocycles. The van der Waals surface area contributed by atoms with Gasteiger partial charge >= 0.3 is 0 Å². The number of aryl methyl sites for hydroxylation is 2. The predicted octanol–water partition coefficient (Wildman–Crippen LogP) is 3.97. The molecule has 1 heterocycles. The highest BCUT2D eigenvalue weighted by atomic mass is 79.9. The number of halogens is 1. The van der Waals surface area contributed by atoms with E-state index in [9.17, 15) is 5.26 Å². The Labute approximate surface area is 131 Å². The van der Waals surface area contributed by atoms with Crippen molar-refractivity contribution < 1.29 is 4.74 Å². The van der Waals surface area contributed by atoms with Gasteiger partial charge in [0.25, 0.3) is 0 Å². The Balaban J connectivity index is 2.02. The van der Waals surface area contributed by atoms with E-state index in [1.165, 1.54) is 0 Å². The zero-order valence-corrected chi connectivity index (χ0v) is 13.0. The molecule has 0 saturated heterocycles. The SMILES string of the molecule is N#Cc1cc2c(nc1Oc1cccc(N)c1Br)CCCC2. The van der Waals surface area contributed by atoms with E-state index in [0.29, 0.717) is 27.4 Å². The molecule has 1 aliphatic rings. The number of nitrogens with two attached hydrogens (primary N) is 1. The van der Waals surface area contributed by atoms with Crippen molar-refractivity contribution >= 4 is 21.6 Å². The summed E-state index contributed by atoms with van der Waals surface area (Å²) in [5.74, 6) is 0.916. The molecule has 4 nitrogen and oxygen atoms in total. The second-order valence-corrected chi connectivity index (χ2v) is 5.82. The van der Waals surface area contributed by atoms with Crippen molar-refractivity contribution in [3.8, 4) is 17.7 Å². The number of anilines is 1. The zero-order chi connectivity index (χ0) is 14.8. The van der Waals surface area contributed by atoms with Crippen molar-refractivity contribution in [3.63, 3.8) is 0 Å². The maximum Gasteiger partial charge on any atom is 0.237 e. The fourth-order valence-corrected chi connectivity index (χ4v) is 2.83. The molecule has 0 spiro atoms. The number of benzene rings is 1. The molecule has 0 amide bonds. The highest BCUT2D eigenvalue weighted by Gasteiger charge is 2.17. The van der Waals surface area contributed by atoms with Gasteiger partial charge in [0.2, 0.25) is 5.88 Å². The van der Waals surface area contributed by atoms with Crippen LogP contribution in [0.2, 0.25) is 0 Å². The van der Waals surface area contributed by atoms with E-state index in [0.717, 1.165) is 36.9 Å². The van der Waals surface area contributed by atoms with Crippen LogP contribution in [0, 0.1) is 11.3 Å². The maximum absolute atomic E-state index is 9.32. The van der Waals surface area contributed by atoms with Crippen molar-refractivity contribution in [1.82, 2.24) is 4.98 Å². The molecule has 1 aromatic heterocycles. The summed E-state index contributed by atoms with van der Waals surface area (Å²) < 4.78 is 6.49. The third-order valence-corrected chi connectivity index (χ3v) is 4.43. The number of nitrogens with zero attached hydrogens (tertiary/aromatic N) is 2. The van der Waals surface area contributed by atoms with Gasteiger partial charge in [-0.05, 0) is 65.4 Å². The van der Waals surface area contributed by atoms with E-state index in [1.54, 1.807) is 18.2 Å². The van der Waals surface area contributed by atoms with Crippen LogP contribution in [0.25, 0.3) is 0 Å². The molecule has 0 unspecified atom stereocenters. The van der Waals surface area contributed by atoms with Gasteiger partial charge in [0.1, 0.15) is 17.4 Å². The van der Waals surface area contributed by atoms with Crippen LogP contribution >= 0.6 is 15.9 Å². The van der Waals surface area contributed by atoms with Crippen LogP contribution in [0.4, 0.5) is 5.69 Å². The van der Waals surface area contributed by atoms with Gasteiger partial charge in [-0.1, -0.05) is 6.07 Å². The van der Waals surface area contributed by atoms with Crippen LogP contribution < -0.4 is 10.5 Å². The van der Waals surface area contributed by atoms with Gasteiger partial charge in [-0.2, -0.15) is 5.26 Å². The smallest absolute Gasteiger partial charge is 0.237 e. The summed E-state index contributed by atoms with van der Waals surface area (Å²) in [5, 5.41) is 9.32. The maximum atomic E-state index is 9.32. The molecule has 21 heavy (non-hydrogen) atoms. The number of ether oxygens (including phenoxy) is 1. The van der Waals surface area contributed by atoms with Crippen molar-refractivity contribution in [2.24, 2.45) is 0 Å². The average molecular weight is 344 g/mol. The molecule has 106 valence electrons. The molecule has 2 N–H and O–H groups in total. The Morgan fingerprint density at radius 2 is 2.10 bits per heavy atom. The molecule has 3 rings (SSSR count). The van der Waals surface area contributed by atoms with Crippen LogP contribution in [0.15, 0.2) is 28.7 Å². The van der Waals surface area contributed by atoms with E-state index in [-0.39, 0.29) is 0 Å². The van der Waals surface area contributed by atoms with Gasteiger partial charge < -0.3 is 10.5 Å². The third-order valence-electron chi connectivity index (χ3n) is 3.59. The normalized spacial score (nSPS) is 13.3. The quantitative estimate of drug-likeness (QED) is 0.837. The van der Waals surface area contributed by atoms with Gasteiger partial charge in [0.05, 0.1) is 4.47 Å². The Morgan fingerprint density at radius 3 is 2.90 bits per heavy atom. The largest absolute Gasteiger partial charge is 0.436 e. The van der Waals surface area contributed by atoms with Gasteiger partial charge in [0.15, 0.2) is 0 Å². The number of rotatable bonds is 2. The fourth-order valence-electron chi connectivity index (χ4n) is 2.48. The van der Waals surface area contributed by atoms with Gasteiger partial charge in [0, 0.05) is 11.4 Å². The first-order chi connectivity index (χ1) is 10.2. The second kappa shape index (κ2) is 5.74. The molecular weight excluding hydrogens is 330 g/mol. The lowest BCUT2D eigenvalue weighted by Crippen LogP contribution is -2.07. The summed E-state index contributed by atoms with van der Waals surface area (Å²) in [6.07, 6.45) is 4.21. The highest BCUT2D eigenvalue weighted by Crippen LogP contribution is 2.35. The van der Waals surface area contributed by atoms with Crippen LogP contribution in [0.5, 0.6) is 11.6 Å². The summed E-state index contributed by atoms with van der Waals surface area (Å²) in [7, 11) is 0. The van der Waals surface area contributed by atoms with Gasteiger partial charge in [-0.25, -0.2) is 4.98 Å². The second-order valence-electron chi connectivity index (χ2n) is 5.03. The molecule has 0 fully saturated rings. The molecule has 1 aliphatic carbocycles. The number of pyridine rings is 1. The zero-order valence-electron chi connectivity index (χ0n) is 11.4. The number of fused-ring (bicyclic) bond motifs is 1. The van der Waals surface area contributed by atoms with Gasteiger partial charge in [-0.3, -0.25) is 0 Å². The summed E-state index contributed by atoms with van der Waals surface area (Å²) >= 11 is 3.40. The molecule has 0 bridgehead atoms. The lowest BCUT2D eigenvalue weighted by Gasteiger charge is -2.17. The van der Waals surface area contributed by atoms with Crippen molar-refractivity contribution in [3.05, 3.63) is 45.6 Å². The monoisotopic (exact) mass is 343 g/mol. The standard InChI is InChI=1S/C16H14BrN3O/c17-15-12(19)5-3-7-14(15)21-16-11(9-18)8-10-4-1-2-6-13(10)20-16/h3,5,7-8H,1-2,4,6,19H2. The molecular formula is C16H14BrN3O. The van der Waals surface area contributed by atoms with Crippen molar-refractivity contribution in [1.29, 1.82) is 5.26 Å². The molecule has 1 aromatic carbocycles. The third kappa shape index (κ3) is 2.72. The Kier molecular flexibility index (Phi) is 3.80. The molecule has 0 radical (unpaired) electrons. The Bertz CT molecular complexity index is 737. The van der Waals surface area contributed by atoms with Crippen LogP contribution in [0.1, 0.15) is 29.7 Å². The molecule has 5 heteroatoms. The number of nitriles is 1. The minimum atomic E-state index is 0.351. The summed E-state index contributed by atoms with van der Waals surface area (Å²) in [5.41, 5.74) is 9.09. The molecule has 2 aromatic rings. The van der Waals surface area contributed by atoms with E-state index in [1.807, 2.05) is 6.07 Å². The average Bonchev–Trinajstić information content (AvgIpc) is 2.51. The van der Waals surface area contributed by atoms with Crippen LogP contribution in [0.3, 0.4) is 0 Å². The topological polar surface area (TPSA) is 71.9 Å². The first-order valence-corrected chi connectivity index (χ1v) is 7.63.